The molecule has 1 N–H and O–H groups in total. The number of carbonyl (C=O) groups excluding carboxylic acids is 1. The maximum absolute atomic E-state index is 11.5. The summed E-state index contributed by atoms with van der Waals surface area (Å²) in [6, 6.07) is 7.66. The number of alkyl halides is 1. The minimum atomic E-state index is -0.158. The van der Waals surface area contributed by atoms with Crippen molar-refractivity contribution in [3.63, 3.8) is 0 Å². The Hall–Kier alpha value is -0.290. The van der Waals surface area contributed by atoms with E-state index in [4.69, 9.17) is 11.6 Å². The molecule has 14 heavy (non-hydrogen) atoms. The minimum absolute atomic E-state index is 0.0398. The molecule has 0 aromatic heterocycles. The Morgan fingerprint density at radius 3 is 2.93 bits per heavy atom. The number of benzene rings is 1. The second kappa shape index (κ2) is 5.56. The maximum atomic E-state index is 11.5. The fourth-order valence-corrected chi connectivity index (χ4v) is 1.59. The molecule has 76 valence electrons. The van der Waals surface area contributed by atoms with Gasteiger partial charge in [0.25, 0.3) is 0 Å². The summed E-state index contributed by atoms with van der Waals surface area (Å²) in [6.45, 7) is 1.80. The highest BCUT2D eigenvalue weighted by atomic mass is 127. The van der Waals surface area contributed by atoms with Crippen LogP contribution in [0.3, 0.4) is 0 Å². The van der Waals surface area contributed by atoms with Gasteiger partial charge in [-0.3, -0.25) is 4.79 Å². The van der Waals surface area contributed by atoms with Crippen LogP contribution in [0.4, 0.5) is 5.69 Å². The highest BCUT2D eigenvalue weighted by Crippen LogP contribution is 2.13. The molecule has 1 rings (SSSR count). The molecular formula is C10H11ClINO. The van der Waals surface area contributed by atoms with Gasteiger partial charge < -0.3 is 5.32 Å². The lowest BCUT2D eigenvalue weighted by Crippen LogP contribution is -2.21. The van der Waals surface area contributed by atoms with E-state index in [0.29, 0.717) is 5.88 Å². The van der Waals surface area contributed by atoms with E-state index in [9.17, 15) is 4.79 Å². The van der Waals surface area contributed by atoms with Gasteiger partial charge in [-0.25, -0.2) is 0 Å². The van der Waals surface area contributed by atoms with E-state index in [1.807, 2.05) is 24.3 Å². The van der Waals surface area contributed by atoms with Crippen LogP contribution in [0.1, 0.15) is 6.92 Å². The highest BCUT2D eigenvalue weighted by molar-refractivity contribution is 14.1. The maximum Gasteiger partial charge on any atom is 0.228 e. The summed E-state index contributed by atoms with van der Waals surface area (Å²) in [5, 5.41) is 2.81. The number of anilines is 1. The zero-order valence-corrected chi connectivity index (χ0v) is 10.7. The van der Waals surface area contributed by atoms with Gasteiger partial charge in [-0.15, -0.1) is 11.6 Å². The molecule has 1 aromatic carbocycles. The molecule has 0 saturated heterocycles. The fourth-order valence-electron chi connectivity index (χ4n) is 0.902. The number of hydrogen-bond acceptors (Lipinski definition) is 1. The zero-order valence-electron chi connectivity index (χ0n) is 7.76. The van der Waals surface area contributed by atoms with Crippen molar-refractivity contribution in [2.45, 2.75) is 6.92 Å². The first kappa shape index (κ1) is 11.8. The van der Waals surface area contributed by atoms with Gasteiger partial charge in [0.15, 0.2) is 0 Å². The van der Waals surface area contributed by atoms with Crippen molar-refractivity contribution in [3.05, 3.63) is 27.8 Å². The molecule has 0 heterocycles. The SMILES string of the molecule is CC(CCl)C(=O)Nc1cccc(I)c1. The van der Waals surface area contributed by atoms with Gasteiger partial charge in [-0.1, -0.05) is 13.0 Å². The van der Waals surface area contributed by atoms with Crippen LogP contribution in [0, 0.1) is 9.49 Å². The first-order chi connectivity index (χ1) is 6.63. The Morgan fingerprint density at radius 1 is 1.64 bits per heavy atom. The standard InChI is InChI=1S/C10H11ClINO/c1-7(6-11)10(14)13-9-4-2-3-8(12)5-9/h2-5,7H,6H2,1H3,(H,13,14). The molecule has 4 heteroatoms. The molecule has 0 fully saturated rings. The Kier molecular flexibility index (Phi) is 4.68. The van der Waals surface area contributed by atoms with Crippen molar-refractivity contribution in [3.8, 4) is 0 Å². The van der Waals surface area contributed by atoms with Crippen molar-refractivity contribution in [1.82, 2.24) is 0 Å². The second-order valence-corrected chi connectivity index (χ2v) is 4.61. The first-order valence-electron chi connectivity index (χ1n) is 4.26. The quantitative estimate of drug-likeness (QED) is 0.672. The third kappa shape index (κ3) is 3.46. The van der Waals surface area contributed by atoms with Gasteiger partial charge in [0.05, 0.1) is 0 Å². The summed E-state index contributed by atoms with van der Waals surface area (Å²) in [6.07, 6.45) is 0. The van der Waals surface area contributed by atoms with Crippen molar-refractivity contribution in [2.75, 3.05) is 11.2 Å². The normalized spacial score (nSPS) is 12.2. The lowest BCUT2D eigenvalue weighted by atomic mass is 10.2. The molecule has 0 aliphatic carbocycles. The van der Waals surface area contributed by atoms with Crippen molar-refractivity contribution in [1.29, 1.82) is 0 Å². The lowest BCUT2D eigenvalue weighted by molar-refractivity contribution is -0.118. The van der Waals surface area contributed by atoms with Gasteiger partial charge in [0.1, 0.15) is 0 Å². The molecular weight excluding hydrogens is 312 g/mol. The molecule has 2 nitrogen and oxygen atoms in total. The smallest absolute Gasteiger partial charge is 0.228 e. The van der Waals surface area contributed by atoms with Crippen LogP contribution in [-0.2, 0) is 4.79 Å². The Bertz CT molecular complexity index is 330. The summed E-state index contributed by atoms with van der Waals surface area (Å²) in [5.74, 6) is 0.145. The third-order valence-corrected chi connectivity index (χ3v) is 2.91. The van der Waals surface area contributed by atoms with Crippen LogP contribution in [0.15, 0.2) is 24.3 Å². The molecule has 1 amide bonds. The topological polar surface area (TPSA) is 29.1 Å². The average molecular weight is 324 g/mol. The summed E-state index contributed by atoms with van der Waals surface area (Å²) in [5.41, 5.74) is 0.818. The van der Waals surface area contributed by atoms with Crippen molar-refractivity contribution in [2.24, 2.45) is 5.92 Å². The van der Waals surface area contributed by atoms with Gasteiger partial charge in [-0.2, -0.15) is 0 Å². The average Bonchev–Trinajstić information content (AvgIpc) is 2.16. The first-order valence-corrected chi connectivity index (χ1v) is 5.87. The molecule has 0 aliphatic rings. The van der Waals surface area contributed by atoms with E-state index in [0.717, 1.165) is 9.26 Å². The molecule has 1 unspecified atom stereocenters. The number of hydrogen-bond donors (Lipinski definition) is 1. The number of nitrogens with one attached hydrogen (secondary N) is 1. The van der Waals surface area contributed by atoms with Crippen LogP contribution in [0.25, 0.3) is 0 Å². The molecule has 0 bridgehead atoms. The van der Waals surface area contributed by atoms with Crippen LogP contribution >= 0.6 is 34.2 Å². The van der Waals surface area contributed by atoms with E-state index in [1.165, 1.54) is 0 Å². The minimum Gasteiger partial charge on any atom is -0.326 e. The largest absolute Gasteiger partial charge is 0.326 e. The third-order valence-electron chi connectivity index (χ3n) is 1.77. The Morgan fingerprint density at radius 2 is 2.36 bits per heavy atom. The van der Waals surface area contributed by atoms with E-state index < -0.39 is 0 Å². The van der Waals surface area contributed by atoms with Crippen molar-refractivity contribution >= 4 is 45.8 Å². The monoisotopic (exact) mass is 323 g/mol. The summed E-state index contributed by atoms with van der Waals surface area (Å²) < 4.78 is 1.10. The van der Waals surface area contributed by atoms with E-state index >= 15 is 0 Å². The predicted molar refractivity (Wildman–Crippen MR) is 67.7 cm³/mol. The van der Waals surface area contributed by atoms with E-state index in [-0.39, 0.29) is 11.8 Å². The molecule has 0 saturated carbocycles. The molecule has 0 aliphatic heterocycles. The van der Waals surface area contributed by atoms with E-state index in [2.05, 4.69) is 27.9 Å². The Labute approximate surface area is 102 Å². The lowest BCUT2D eigenvalue weighted by Gasteiger charge is -2.09. The second-order valence-electron chi connectivity index (χ2n) is 3.05. The summed E-state index contributed by atoms with van der Waals surface area (Å²) in [4.78, 5) is 11.5. The summed E-state index contributed by atoms with van der Waals surface area (Å²) >= 11 is 7.78. The number of halogens is 2. The molecule has 0 radical (unpaired) electrons. The summed E-state index contributed by atoms with van der Waals surface area (Å²) in [7, 11) is 0. The Balaban J connectivity index is 2.65. The van der Waals surface area contributed by atoms with Gasteiger partial charge >= 0.3 is 0 Å². The number of carbonyl (C=O) groups is 1. The predicted octanol–water partition coefficient (Wildman–Crippen LogP) is 3.10. The van der Waals surface area contributed by atoms with E-state index in [1.54, 1.807) is 6.92 Å². The molecule has 0 spiro atoms. The zero-order chi connectivity index (χ0) is 10.6. The highest BCUT2D eigenvalue weighted by Gasteiger charge is 2.11. The number of rotatable bonds is 3. The van der Waals surface area contributed by atoms with Crippen LogP contribution in [-0.4, -0.2) is 11.8 Å². The van der Waals surface area contributed by atoms with Crippen LogP contribution in [0.2, 0.25) is 0 Å². The van der Waals surface area contributed by atoms with Gasteiger partial charge in [-0.05, 0) is 40.8 Å². The van der Waals surface area contributed by atoms with Crippen molar-refractivity contribution < 1.29 is 4.79 Å². The number of amides is 1. The van der Waals surface area contributed by atoms with Gasteiger partial charge in [0, 0.05) is 21.1 Å². The van der Waals surface area contributed by atoms with Gasteiger partial charge in [0.2, 0.25) is 5.91 Å². The fraction of sp³-hybridized carbons (Fsp3) is 0.300. The molecule has 1 atom stereocenters. The van der Waals surface area contributed by atoms with Crippen LogP contribution < -0.4 is 5.32 Å². The molecule has 1 aromatic rings. The van der Waals surface area contributed by atoms with Crippen LogP contribution in [0.5, 0.6) is 0 Å².